The van der Waals surface area contributed by atoms with Crippen LogP contribution in [0.1, 0.15) is 33.1 Å². The molecule has 0 aliphatic carbocycles. The third-order valence-corrected chi connectivity index (χ3v) is 5.26. The first-order valence-corrected chi connectivity index (χ1v) is 10.7. The number of hydrogen-bond acceptors (Lipinski definition) is 4. The van der Waals surface area contributed by atoms with Gasteiger partial charge in [0.2, 0.25) is 17.7 Å². The molecule has 1 aliphatic heterocycles. The van der Waals surface area contributed by atoms with E-state index < -0.39 is 6.04 Å². The number of carbonyl (C=O) groups is 3. The molecule has 31 heavy (non-hydrogen) atoms. The number of benzene rings is 2. The van der Waals surface area contributed by atoms with Crippen LogP contribution in [0.5, 0.6) is 5.75 Å². The molecule has 1 N–H and O–H groups in total. The quantitative estimate of drug-likeness (QED) is 0.705. The van der Waals surface area contributed by atoms with Crippen molar-refractivity contribution in [3.8, 4) is 5.75 Å². The van der Waals surface area contributed by atoms with E-state index in [4.69, 9.17) is 4.74 Å². The molecule has 0 fully saturated rings. The molecule has 3 amide bonds. The fourth-order valence-corrected chi connectivity index (χ4v) is 3.61. The van der Waals surface area contributed by atoms with Gasteiger partial charge in [0.05, 0.1) is 12.2 Å². The highest BCUT2D eigenvalue weighted by atomic mass is 16.5. The monoisotopic (exact) mass is 423 g/mol. The molecule has 1 aliphatic rings. The van der Waals surface area contributed by atoms with Crippen LogP contribution in [0.15, 0.2) is 54.6 Å². The average Bonchev–Trinajstić information content (AvgIpc) is 2.80. The highest BCUT2D eigenvalue weighted by molar-refractivity contribution is 5.99. The van der Waals surface area contributed by atoms with Crippen LogP contribution in [0, 0.1) is 0 Å². The van der Waals surface area contributed by atoms with E-state index in [1.54, 1.807) is 28.9 Å². The minimum Gasteiger partial charge on any atom is -0.490 e. The Balaban J connectivity index is 1.60. The summed E-state index contributed by atoms with van der Waals surface area (Å²) in [6.45, 7) is 5.01. The van der Waals surface area contributed by atoms with Gasteiger partial charge in [-0.1, -0.05) is 37.3 Å². The number of para-hydroxylation sites is 3. The Morgan fingerprint density at radius 2 is 1.77 bits per heavy atom. The molecule has 0 spiro atoms. The summed E-state index contributed by atoms with van der Waals surface area (Å²) in [6.07, 6.45) is 0.862. The van der Waals surface area contributed by atoms with E-state index in [0.29, 0.717) is 31.1 Å². The lowest BCUT2D eigenvalue weighted by molar-refractivity contribution is -0.139. The van der Waals surface area contributed by atoms with Crippen LogP contribution in [0.3, 0.4) is 0 Å². The van der Waals surface area contributed by atoms with E-state index in [2.05, 4.69) is 5.32 Å². The van der Waals surface area contributed by atoms with Crippen molar-refractivity contribution in [3.05, 3.63) is 54.6 Å². The molecule has 0 radical (unpaired) electrons. The largest absolute Gasteiger partial charge is 0.490 e. The van der Waals surface area contributed by atoms with Crippen molar-refractivity contribution in [3.63, 3.8) is 0 Å². The highest BCUT2D eigenvalue weighted by Crippen LogP contribution is 2.31. The predicted octanol–water partition coefficient (Wildman–Crippen LogP) is 3.46. The van der Waals surface area contributed by atoms with Gasteiger partial charge in [0.1, 0.15) is 18.4 Å². The SMILES string of the molecule is CCCN(C(=O)CCC(=O)N1CCOc2ccccc21)C(C)C(=O)Nc1ccccc1. The molecule has 0 saturated heterocycles. The number of carbonyl (C=O) groups excluding carboxylic acids is 3. The van der Waals surface area contributed by atoms with Crippen molar-refractivity contribution in [1.29, 1.82) is 0 Å². The van der Waals surface area contributed by atoms with Crippen molar-refractivity contribution < 1.29 is 19.1 Å². The average molecular weight is 424 g/mol. The zero-order chi connectivity index (χ0) is 22.2. The van der Waals surface area contributed by atoms with Gasteiger partial charge >= 0.3 is 0 Å². The zero-order valence-electron chi connectivity index (χ0n) is 18.0. The fourth-order valence-electron chi connectivity index (χ4n) is 3.61. The first kappa shape index (κ1) is 22.3. The summed E-state index contributed by atoms with van der Waals surface area (Å²) >= 11 is 0. The van der Waals surface area contributed by atoms with Gasteiger partial charge in [-0.2, -0.15) is 0 Å². The second-order valence-corrected chi connectivity index (χ2v) is 7.48. The second kappa shape index (κ2) is 10.6. The van der Waals surface area contributed by atoms with Gasteiger partial charge < -0.3 is 19.9 Å². The minimum atomic E-state index is -0.633. The zero-order valence-corrected chi connectivity index (χ0v) is 18.0. The van der Waals surface area contributed by atoms with Crippen LogP contribution < -0.4 is 15.0 Å². The highest BCUT2D eigenvalue weighted by Gasteiger charge is 2.28. The lowest BCUT2D eigenvalue weighted by Gasteiger charge is -2.30. The Hall–Kier alpha value is -3.35. The maximum absolute atomic E-state index is 12.9. The predicted molar refractivity (Wildman–Crippen MR) is 120 cm³/mol. The first-order chi connectivity index (χ1) is 15.0. The van der Waals surface area contributed by atoms with Crippen molar-refractivity contribution in [2.75, 3.05) is 29.9 Å². The summed E-state index contributed by atoms with van der Waals surface area (Å²) < 4.78 is 5.59. The molecule has 0 bridgehead atoms. The van der Waals surface area contributed by atoms with Gasteiger partial charge in [-0.05, 0) is 37.6 Å². The molecule has 1 unspecified atom stereocenters. The van der Waals surface area contributed by atoms with Gasteiger partial charge in [-0.25, -0.2) is 0 Å². The van der Waals surface area contributed by atoms with E-state index in [-0.39, 0.29) is 30.6 Å². The van der Waals surface area contributed by atoms with Crippen LogP contribution in [0.4, 0.5) is 11.4 Å². The van der Waals surface area contributed by atoms with E-state index in [9.17, 15) is 14.4 Å². The van der Waals surface area contributed by atoms with Crippen molar-refractivity contribution >= 4 is 29.1 Å². The molecule has 0 aromatic heterocycles. The minimum absolute atomic E-state index is 0.0569. The lowest BCUT2D eigenvalue weighted by Crippen LogP contribution is -2.46. The number of nitrogens with zero attached hydrogens (tertiary/aromatic N) is 2. The normalized spacial score (nSPS) is 13.5. The smallest absolute Gasteiger partial charge is 0.246 e. The molecular formula is C24H29N3O4. The Morgan fingerprint density at radius 3 is 2.52 bits per heavy atom. The maximum Gasteiger partial charge on any atom is 0.246 e. The molecule has 3 rings (SSSR count). The maximum atomic E-state index is 12.9. The number of hydrogen-bond donors (Lipinski definition) is 1. The molecule has 1 atom stereocenters. The number of nitrogens with one attached hydrogen (secondary N) is 1. The summed E-state index contributed by atoms with van der Waals surface area (Å²) in [4.78, 5) is 41.6. The van der Waals surface area contributed by atoms with E-state index >= 15 is 0 Å². The van der Waals surface area contributed by atoms with Gasteiger partial charge in [0.15, 0.2) is 0 Å². The molecule has 2 aromatic rings. The van der Waals surface area contributed by atoms with Crippen molar-refractivity contribution in [2.24, 2.45) is 0 Å². The summed E-state index contributed by atoms with van der Waals surface area (Å²) in [6, 6.07) is 15.9. The van der Waals surface area contributed by atoms with E-state index in [1.165, 1.54) is 0 Å². The standard InChI is InChI=1S/C24H29N3O4/c1-3-15-26(18(2)24(30)25-19-9-5-4-6-10-19)22(28)13-14-23(29)27-16-17-31-21-12-8-7-11-20(21)27/h4-12,18H,3,13-17H2,1-2H3,(H,25,30). The second-order valence-electron chi connectivity index (χ2n) is 7.48. The summed E-state index contributed by atoms with van der Waals surface area (Å²) in [5.41, 5.74) is 1.41. The molecule has 0 saturated carbocycles. The molecule has 1 heterocycles. The molecule has 7 heteroatoms. The Kier molecular flexibility index (Phi) is 7.65. The number of fused-ring (bicyclic) bond motifs is 1. The third kappa shape index (κ3) is 5.63. The van der Waals surface area contributed by atoms with Crippen LogP contribution in [0.25, 0.3) is 0 Å². The molecule has 164 valence electrons. The molecule has 2 aromatic carbocycles. The fraction of sp³-hybridized carbons (Fsp3) is 0.375. The Bertz CT molecular complexity index is 916. The van der Waals surface area contributed by atoms with Crippen LogP contribution in [-0.2, 0) is 14.4 Å². The molecular weight excluding hydrogens is 394 g/mol. The number of rotatable bonds is 8. The van der Waals surface area contributed by atoms with Crippen LogP contribution >= 0.6 is 0 Å². The number of ether oxygens (including phenoxy) is 1. The first-order valence-electron chi connectivity index (χ1n) is 10.7. The van der Waals surface area contributed by atoms with Crippen molar-refractivity contribution in [1.82, 2.24) is 4.90 Å². The van der Waals surface area contributed by atoms with Gasteiger partial charge in [0.25, 0.3) is 0 Å². The molecule has 7 nitrogen and oxygen atoms in total. The lowest BCUT2D eigenvalue weighted by atomic mass is 10.1. The topological polar surface area (TPSA) is 79.0 Å². The van der Waals surface area contributed by atoms with Gasteiger partial charge in [-0.3, -0.25) is 14.4 Å². The number of amides is 3. The van der Waals surface area contributed by atoms with E-state index in [1.807, 2.05) is 49.4 Å². The summed E-state index contributed by atoms with van der Waals surface area (Å²) in [7, 11) is 0. The van der Waals surface area contributed by atoms with Crippen LogP contribution in [0.2, 0.25) is 0 Å². The number of anilines is 2. The summed E-state index contributed by atoms with van der Waals surface area (Å²) in [5.74, 6) is 0.100. The third-order valence-electron chi connectivity index (χ3n) is 5.26. The van der Waals surface area contributed by atoms with Gasteiger partial charge in [-0.15, -0.1) is 0 Å². The Labute approximate surface area is 183 Å². The Morgan fingerprint density at radius 1 is 1.06 bits per heavy atom. The van der Waals surface area contributed by atoms with Crippen LogP contribution in [-0.4, -0.2) is 48.4 Å². The summed E-state index contributed by atoms with van der Waals surface area (Å²) in [5, 5.41) is 2.84. The van der Waals surface area contributed by atoms with Crippen molar-refractivity contribution in [2.45, 2.75) is 39.2 Å². The van der Waals surface area contributed by atoms with Gasteiger partial charge in [0, 0.05) is 25.1 Å². The van der Waals surface area contributed by atoms with E-state index in [0.717, 1.165) is 12.1 Å².